The summed E-state index contributed by atoms with van der Waals surface area (Å²) in [4.78, 5) is 52.3. The lowest BCUT2D eigenvalue weighted by Crippen LogP contribution is -2.36. The summed E-state index contributed by atoms with van der Waals surface area (Å²) in [6.07, 6.45) is 1.49. The molecular formula is C22H19N5O4. The van der Waals surface area contributed by atoms with Crippen molar-refractivity contribution in [1.82, 2.24) is 14.1 Å². The fourth-order valence-corrected chi connectivity index (χ4v) is 3.40. The molecule has 0 aliphatic rings. The topological polar surface area (TPSA) is 132 Å². The van der Waals surface area contributed by atoms with E-state index in [0.29, 0.717) is 11.3 Å². The van der Waals surface area contributed by atoms with E-state index in [1.807, 2.05) is 30.3 Å². The molecule has 2 aromatic carbocycles. The van der Waals surface area contributed by atoms with Gasteiger partial charge in [-0.1, -0.05) is 30.3 Å². The number of hydrogen-bond acceptors (Lipinski definition) is 4. The molecule has 0 spiro atoms. The molecule has 0 aliphatic carbocycles. The van der Waals surface area contributed by atoms with Gasteiger partial charge in [0.05, 0.1) is 17.6 Å². The van der Waals surface area contributed by atoms with Crippen molar-refractivity contribution in [2.45, 2.75) is 6.54 Å². The Labute approximate surface area is 175 Å². The van der Waals surface area contributed by atoms with Gasteiger partial charge in [0.15, 0.2) is 0 Å². The van der Waals surface area contributed by atoms with Gasteiger partial charge in [0.25, 0.3) is 11.5 Å². The zero-order valence-electron chi connectivity index (χ0n) is 16.6. The van der Waals surface area contributed by atoms with Crippen LogP contribution in [0.15, 0.2) is 70.4 Å². The van der Waals surface area contributed by atoms with Crippen LogP contribution < -0.4 is 22.3 Å². The van der Waals surface area contributed by atoms with E-state index in [-0.39, 0.29) is 23.1 Å². The zero-order chi connectivity index (χ0) is 22.1. The van der Waals surface area contributed by atoms with Crippen LogP contribution in [-0.2, 0) is 13.6 Å². The van der Waals surface area contributed by atoms with E-state index >= 15 is 0 Å². The van der Waals surface area contributed by atoms with Gasteiger partial charge in [-0.05, 0) is 29.8 Å². The summed E-state index contributed by atoms with van der Waals surface area (Å²) in [6.45, 7) is 0.115. The lowest BCUT2D eigenvalue weighted by molar-refractivity contribution is 0.0998. The molecule has 31 heavy (non-hydrogen) atoms. The Morgan fingerprint density at radius 1 is 1.03 bits per heavy atom. The standard InChI is InChI=1S/C22H19N5O4/c1-26-12-16(20(29)24-15-9-7-14(8-10-15)19(23)28)17-18(26)21(30)27(22(31)25-17)11-13-5-3-2-4-6-13/h2-10,12H,11H2,1H3,(H2,23,28)(H,24,29)(H,25,31). The highest BCUT2D eigenvalue weighted by Gasteiger charge is 2.20. The lowest BCUT2D eigenvalue weighted by atomic mass is 10.2. The van der Waals surface area contributed by atoms with Crippen molar-refractivity contribution in [3.05, 3.63) is 98.3 Å². The number of aromatic amines is 1. The highest BCUT2D eigenvalue weighted by Crippen LogP contribution is 2.17. The number of primary amides is 1. The number of amides is 2. The summed E-state index contributed by atoms with van der Waals surface area (Å²) in [5.41, 5.74) is 6.20. The van der Waals surface area contributed by atoms with Crippen molar-refractivity contribution in [2.75, 3.05) is 5.32 Å². The maximum absolute atomic E-state index is 13.0. The number of benzene rings is 2. The molecule has 0 unspecified atom stereocenters. The number of anilines is 1. The summed E-state index contributed by atoms with van der Waals surface area (Å²) < 4.78 is 2.61. The molecule has 9 nitrogen and oxygen atoms in total. The third-order valence-corrected chi connectivity index (χ3v) is 4.96. The van der Waals surface area contributed by atoms with E-state index in [0.717, 1.165) is 10.1 Å². The Bertz CT molecular complexity index is 1410. The first kappa shape index (κ1) is 19.9. The van der Waals surface area contributed by atoms with Gasteiger partial charge in [-0.25, -0.2) is 4.79 Å². The molecule has 0 atom stereocenters. The zero-order valence-corrected chi connectivity index (χ0v) is 16.6. The Morgan fingerprint density at radius 3 is 2.35 bits per heavy atom. The number of hydrogen-bond donors (Lipinski definition) is 3. The van der Waals surface area contributed by atoms with Crippen LogP contribution in [0.2, 0.25) is 0 Å². The second-order valence-corrected chi connectivity index (χ2v) is 7.08. The van der Waals surface area contributed by atoms with E-state index in [1.165, 1.54) is 22.9 Å². The summed E-state index contributed by atoms with van der Waals surface area (Å²) in [5.74, 6) is -1.08. The quantitative estimate of drug-likeness (QED) is 0.453. The first-order valence-corrected chi connectivity index (χ1v) is 9.42. The number of H-pyrrole nitrogens is 1. The van der Waals surface area contributed by atoms with Crippen molar-refractivity contribution < 1.29 is 9.59 Å². The molecule has 4 aromatic rings. The Kier molecular flexibility index (Phi) is 5.00. The van der Waals surface area contributed by atoms with Crippen LogP contribution in [0.4, 0.5) is 5.69 Å². The summed E-state index contributed by atoms with van der Waals surface area (Å²) >= 11 is 0. The molecule has 0 saturated heterocycles. The molecule has 2 heterocycles. The number of carbonyl (C=O) groups excluding carboxylic acids is 2. The fourth-order valence-electron chi connectivity index (χ4n) is 3.40. The van der Waals surface area contributed by atoms with Gasteiger partial charge >= 0.3 is 5.69 Å². The normalized spacial score (nSPS) is 10.9. The number of aryl methyl sites for hydroxylation is 1. The van der Waals surface area contributed by atoms with Gasteiger partial charge in [-0.3, -0.25) is 19.0 Å². The maximum atomic E-state index is 13.0. The molecule has 4 rings (SSSR count). The molecule has 2 amide bonds. The van der Waals surface area contributed by atoms with E-state index in [2.05, 4.69) is 10.3 Å². The van der Waals surface area contributed by atoms with E-state index < -0.39 is 23.1 Å². The van der Waals surface area contributed by atoms with Crippen LogP contribution in [0.3, 0.4) is 0 Å². The van der Waals surface area contributed by atoms with Crippen LogP contribution >= 0.6 is 0 Å². The summed E-state index contributed by atoms with van der Waals surface area (Å²) in [5, 5.41) is 2.69. The highest BCUT2D eigenvalue weighted by molar-refractivity contribution is 6.11. The Morgan fingerprint density at radius 2 is 1.71 bits per heavy atom. The number of nitrogens with one attached hydrogen (secondary N) is 2. The van der Waals surface area contributed by atoms with Crippen molar-refractivity contribution in [1.29, 1.82) is 0 Å². The Hall–Kier alpha value is -4.40. The van der Waals surface area contributed by atoms with Crippen molar-refractivity contribution >= 4 is 28.5 Å². The predicted octanol–water partition coefficient (Wildman–Crippen LogP) is 1.43. The highest BCUT2D eigenvalue weighted by atomic mass is 16.2. The van der Waals surface area contributed by atoms with Crippen LogP contribution in [0.1, 0.15) is 26.3 Å². The molecule has 0 bridgehead atoms. The molecule has 4 N–H and O–H groups in total. The minimum atomic E-state index is -0.604. The third kappa shape index (κ3) is 3.76. The minimum Gasteiger partial charge on any atom is -0.366 e. The molecule has 0 fully saturated rings. The number of nitrogens with zero attached hydrogens (tertiary/aromatic N) is 2. The van der Waals surface area contributed by atoms with Gasteiger partial charge in [0.2, 0.25) is 5.91 Å². The largest absolute Gasteiger partial charge is 0.366 e. The monoisotopic (exact) mass is 417 g/mol. The van der Waals surface area contributed by atoms with Gasteiger partial charge in [-0.15, -0.1) is 0 Å². The van der Waals surface area contributed by atoms with Crippen molar-refractivity contribution in [3.63, 3.8) is 0 Å². The van der Waals surface area contributed by atoms with E-state index in [4.69, 9.17) is 5.73 Å². The molecule has 156 valence electrons. The summed E-state index contributed by atoms with van der Waals surface area (Å²) in [6, 6.07) is 15.2. The number of carbonyl (C=O) groups is 2. The second kappa shape index (κ2) is 7.79. The van der Waals surface area contributed by atoms with Gasteiger partial charge in [0, 0.05) is 24.5 Å². The van der Waals surface area contributed by atoms with Gasteiger partial charge < -0.3 is 20.6 Å². The van der Waals surface area contributed by atoms with E-state index in [9.17, 15) is 19.2 Å². The van der Waals surface area contributed by atoms with Crippen molar-refractivity contribution in [2.24, 2.45) is 12.8 Å². The SMILES string of the molecule is Cn1cc(C(=O)Nc2ccc(C(N)=O)cc2)c2[nH]c(=O)n(Cc3ccccc3)c(=O)c21. The number of fused-ring (bicyclic) bond motifs is 1. The van der Waals surface area contributed by atoms with Gasteiger partial charge in [-0.2, -0.15) is 0 Å². The minimum absolute atomic E-state index is 0.115. The third-order valence-electron chi connectivity index (χ3n) is 4.96. The Balaban J connectivity index is 1.71. The lowest BCUT2D eigenvalue weighted by Gasteiger charge is -2.07. The first-order valence-electron chi connectivity index (χ1n) is 9.42. The van der Waals surface area contributed by atoms with Crippen LogP contribution in [0.5, 0.6) is 0 Å². The molecule has 9 heteroatoms. The first-order chi connectivity index (χ1) is 14.8. The van der Waals surface area contributed by atoms with E-state index in [1.54, 1.807) is 19.2 Å². The smallest absolute Gasteiger partial charge is 0.329 e. The maximum Gasteiger partial charge on any atom is 0.329 e. The number of aromatic nitrogens is 3. The average Bonchev–Trinajstić information content (AvgIpc) is 3.08. The second-order valence-electron chi connectivity index (χ2n) is 7.08. The predicted molar refractivity (Wildman–Crippen MR) is 116 cm³/mol. The van der Waals surface area contributed by atoms with Crippen LogP contribution in [0.25, 0.3) is 11.0 Å². The van der Waals surface area contributed by atoms with Crippen LogP contribution in [0, 0.1) is 0 Å². The molecule has 0 saturated carbocycles. The number of nitrogens with two attached hydrogens (primary N) is 1. The van der Waals surface area contributed by atoms with Crippen LogP contribution in [-0.4, -0.2) is 25.9 Å². The summed E-state index contributed by atoms with van der Waals surface area (Å²) in [7, 11) is 1.63. The molecule has 0 aliphatic heterocycles. The van der Waals surface area contributed by atoms with Gasteiger partial charge in [0.1, 0.15) is 5.52 Å². The average molecular weight is 417 g/mol. The molecule has 0 radical (unpaired) electrons. The van der Waals surface area contributed by atoms with Crippen molar-refractivity contribution in [3.8, 4) is 0 Å². The molecule has 2 aromatic heterocycles. The number of rotatable bonds is 5. The fraction of sp³-hybridized carbons (Fsp3) is 0.0909. The molecular weight excluding hydrogens is 398 g/mol.